The maximum Gasteiger partial charge on any atom is 0.416 e. The Kier molecular flexibility index (Phi) is 4.85. The van der Waals surface area contributed by atoms with Crippen molar-refractivity contribution in [3.05, 3.63) is 87.5 Å². The highest BCUT2D eigenvalue weighted by atomic mass is 19.4. The summed E-state index contributed by atoms with van der Waals surface area (Å²) in [5, 5.41) is 13.6. The van der Waals surface area contributed by atoms with E-state index in [1.54, 1.807) is 31.2 Å². The van der Waals surface area contributed by atoms with Crippen LogP contribution < -0.4 is 10.9 Å². The lowest BCUT2D eigenvalue weighted by atomic mass is 9.96. The van der Waals surface area contributed by atoms with Crippen LogP contribution in [0.5, 0.6) is 5.75 Å². The molecule has 1 aliphatic rings. The maximum atomic E-state index is 12.9. The third-order valence-corrected chi connectivity index (χ3v) is 4.87. The van der Waals surface area contributed by atoms with Gasteiger partial charge in [-0.1, -0.05) is 24.3 Å². The summed E-state index contributed by atoms with van der Waals surface area (Å²) in [5.74, 6) is 0.00124. The van der Waals surface area contributed by atoms with Crippen LogP contribution in [0, 0.1) is 6.92 Å². The summed E-state index contributed by atoms with van der Waals surface area (Å²) in [6.45, 7) is 1.54. The second kappa shape index (κ2) is 7.37. The van der Waals surface area contributed by atoms with Crippen molar-refractivity contribution in [2.24, 2.45) is 4.99 Å². The predicted molar refractivity (Wildman–Crippen MR) is 106 cm³/mol. The summed E-state index contributed by atoms with van der Waals surface area (Å²) in [6.07, 6.45) is -4.28. The van der Waals surface area contributed by atoms with Crippen molar-refractivity contribution < 1.29 is 22.7 Å². The minimum absolute atomic E-state index is 0.0592. The fourth-order valence-electron chi connectivity index (χ4n) is 3.44. The average Bonchev–Trinajstić information content (AvgIpc) is 2.86. The lowest BCUT2D eigenvalue weighted by Crippen LogP contribution is -2.20. The van der Waals surface area contributed by atoms with Crippen molar-refractivity contribution in [2.75, 3.05) is 5.32 Å². The number of para-hydroxylation sites is 2. The standard InChI is InChI=1S/C22H17F3N2O3/c1-12-10-19(28)20(21(29)30-12)18-11-17(26-15-4-2-3-5-16(15)27-18)13-6-8-14(9-7-13)22(23,24)25/h2-10,17,26,28H,11H2,1H3. The first-order valence-corrected chi connectivity index (χ1v) is 9.17. The molecule has 0 amide bonds. The second-order valence-corrected chi connectivity index (χ2v) is 7.00. The van der Waals surface area contributed by atoms with Crippen LogP contribution in [-0.2, 0) is 6.18 Å². The highest BCUT2D eigenvalue weighted by molar-refractivity contribution is 6.05. The van der Waals surface area contributed by atoms with Gasteiger partial charge in [0.05, 0.1) is 28.7 Å². The van der Waals surface area contributed by atoms with E-state index < -0.39 is 23.4 Å². The molecule has 8 heteroatoms. The number of aryl methyl sites for hydroxylation is 1. The molecule has 0 saturated heterocycles. The van der Waals surface area contributed by atoms with Gasteiger partial charge in [-0.15, -0.1) is 0 Å². The van der Waals surface area contributed by atoms with E-state index >= 15 is 0 Å². The van der Waals surface area contributed by atoms with Crippen molar-refractivity contribution in [1.82, 2.24) is 0 Å². The predicted octanol–water partition coefficient (Wildman–Crippen LogP) is 5.35. The lowest BCUT2D eigenvalue weighted by Gasteiger charge is -2.20. The summed E-state index contributed by atoms with van der Waals surface area (Å²) in [5.41, 5.74) is 0.542. The quantitative estimate of drug-likeness (QED) is 0.593. The Morgan fingerprint density at radius 3 is 2.50 bits per heavy atom. The molecular weight excluding hydrogens is 397 g/mol. The van der Waals surface area contributed by atoms with Gasteiger partial charge in [-0.2, -0.15) is 13.2 Å². The molecule has 5 nitrogen and oxygen atoms in total. The Morgan fingerprint density at radius 1 is 1.13 bits per heavy atom. The van der Waals surface area contributed by atoms with E-state index in [9.17, 15) is 23.1 Å². The number of hydrogen-bond acceptors (Lipinski definition) is 5. The molecule has 1 unspecified atom stereocenters. The van der Waals surface area contributed by atoms with E-state index in [2.05, 4.69) is 10.3 Å². The van der Waals surface area contributed by atoms with E-state index in [0.717, 1.165) is 12.1 Å². The number of anilines is 1. The molecule has 2 heterocycles. The van der Waals surface area contributed by atoms with Crippen molar-refractivity contribution in [2.45, 2.75) is 25.6 Å². The van der Waals surface area contributed by atoms with Gasteiger partial charge in [0.2, 0.25) is 0 Å². The van der Waals surface area contributed by atoms with Crippen molar-refractivity contribution in [3.8, 4) is 5.75 Å². The van der Waals surface area contributed by atoms with Crippen LogP contribution in [0.3, 0.4) is 0 Å². The number of fused-ring (bicyclic) bond motifs is 1. The van der Waals surface area contributed by atoms with E-state index in [0.29, 0.717) is 16.9 Å². The smallest absolute Gasteiger partial charge is 0.416 e. The molecule has 0 fully saturated rings. The SMILES string of the molecule is Cc1cc(O)c(C2=Nc3ccccc3NC(c3ccc(C(F)(F)F)cc3)C2)c(=O)o1. The molecule has 0 spiro atoms. The molecule has 2 N–H and O–H groups in total. The number of nitrogens with one attached hydrogen (secondary N) is 1. The fraction of sp³-hybridized carbons (Fsp3) is 0.182. The molecule has 0 radical (unpaired) electrons. The minimum atomic E-state index is -4.43. The summed E-state index contributed by atoms with van der Waals surface area (Å²) in [7, 11) is 0. The molecule has 0 aliphatic carbocycles. The molecule has 30 heavy (non-hydrogen) atoms. The molecular formula is C22H17F3N2O3. The van der Waals surface area contributed by atoms with Gasteiger partial charge < -0.3 is 14.8 Å². The second-order valence-electron chi connectivity index (χ2n) is 7.00. The first-order chi connectivity index (χ1) is 14.2. The largest absolute Gasteiger partial charge is 0.507 e. The first-order valence-electron chi connectivity index (χ1n) is 9.17. The van der Waals surface area contributed by atoms with Crippen LogP contribution >= 0.6 is 0 Å². The topological polar surface area (TPSA) is 74.8 Å². The Morgan fingerprint density at radius 2 is 1.83 bits per heavy atom. The zero-order chi connectivity index (χ0) is 21.5. The number of aromatic hydroxyl groups is 1. The molecule has 1 aliphatic heterocycles. The monoisotopic (exact) mass is 414 g/mol. The van der Waals surface area contributed by atoms with Crippen molar-refractivity contribution in [1.29, 1.82) is 0 Å². The molecule has 4 rings (SSSR count). The number of rotatable bonds is 2. The molecule has 3 aromatic rings. The minimum Gasteiger partial charge on any atom is -0.507 e. The van der Waals surface area contributed by atoms with Crippen LogP contribution in [0.2, 0.25) is 0 Å². The molecule has 1 atom stereocenters. The molecule has 0 saturated carbocycles. The lowest BCUT2D eigenvalue weighted by molar-refractivity contribution is -0.137. The van der Waals surface area contributed by atoms with Gasteiger partial charge in [-0.3, -0.25) is 4.99 Å². The van der Waals surface area contributed by atoms with Crippen LogP contribution in [0.25, 0.3) is 0 Å². The number of halogens is 3. The highest BCUT2D eigenvalue weighted by Gasteiger charge is 2.31. The number of aliphatic imine (C=N–C) groups is 1. The number of hydrogen-bond donors (Lipinski definition) is 2. The van der Waals surface area contributed by atoms with Crippen LogP contribution in [0.15, 0.2) is 68.8 Å². The summed E-state index contributed by atoms with van der Waals surface area (Å²) < 4.78 is 43.9. The average molecular weight is 414 g/mol. The molecule has 154 valence electrons. The molecule has 1 aromatic heterocycles. The summed E-state index contributed by atoms with van der Waals surface area (Å²) in [6, 6.07) is 12.8. The van der Waals surface area contributed by atoms with Crippen LogP contribution in [0.4, 0.5) is 24.5 Å². The zero-order valence-electron chi connectivity index (χ0n) is 15.8. The highest BCUT2D eigenvalue weighted by Crippen LogP contribution is 2.37. The molecule has 2 aromatic carbocycles. The van der Waals surface area contributed by atoms with Gasteiger partial charge in [-0.25, -0.2) is 4.79 Å². The summed E-state index contributed by atoms with van der Waals surface area (Å²) in [4.78, 5) is 17.0. The maximum absolute atomic E-state index is 12.9. The Hall–Kier alpha value is -3.55. The summed E-state index contributed by atoms with van der Waals surface area (Å²) >= 11 is 0. The van der Waals surface area contributed by atoms with Crippen LogP contribution in [0.1, 0.15) is 34.9 Å². The Labute approximate surface area is 169 Å². The van der Waals surface area contributed by atoms with Crippen molar-refractivity contribution in [3.63, 3.8) is 0 Å². The van der Waals surface area contributed by atoms with Crippen molar-refractivity contribution >= 4 is 17.1 Å². The van der Waals surface area contributed by atoms with E-state index in [1.807, 2.05) is 0 Å². The van der Waals surface area contributed by atoms with E-state index in [-0.39, 0.29) is 29.2 Å². The number of benzene rings is 2. The van der Waals surface area contributed by atoms with Gasteiger partial charge in [0.25, 0.3) is 0 Å². The van der Waals surface area contributed by atoms with Crippen LogP contribution in [-0.4, -0.2) is 10.8 Å². The normalized spacial score (nSPS) is 16.3. The van der Waals surface area contributed by atoms with E-state index in [4.69, 9.17) is 4.42 Å². The number of nitrogens with zero attached hydrogens (tertiary/aromatic N) is 1. The fourth-order valence-corrected chi connectivity index (χ4v) is 3.44. The van der Waals surface area contributed by atoms with Gasteiger partial charge >= 0.3 is 11.8 Å². The Bertz CT molecular complexity index is 1180. The van der Waals surface area contributed by atoms with Gasteiger partial charge in [0, 0.05) is 12.5 Å². The third kappa shape index (κ3) is 3.80. The Balaban J connectivity index is 1.81. The number of alkyl halides is 3. The zero-order valence-corrected chi connectivity index (χ0v) is 15.8. The molecule has 0 bridgehead atoms. The first kappa shape index (κ1) is 19.8. The van der Waals surface area contributed by atoms with E-state index in [1.165, 1.54) is 18.2 Å². The van der Waals surface area contributed by atoms with Gasteiger partial charge in [0.15, 0.2) is 0 Å². The van der Waals surface area contributed by atoms with Gasteiger partial charge in [-0.05, 0) is 36.8 Å². The van der Waals surface area contributed by atoms with Gasteiger partial charge in [0.1, 0.15) is 17.1 Å². The third-order valence-electron chi connectivity index (χ3n) is 4.87.